The molecule has 0 spiro atoms. The number of thioether (sulfide) groups is 1. The van der Waals surface area contributed by atoms with E-state index in [1.165, 1.54) is 22.9 Å². The van der Waals surface area contributed by atoms with Crippen molar-refractivity contribution in [1.29, 1.82) is 0 Å². The van der Waals surface area contributed by atoms with Gasteiger partial charge in [-0.2, -0.15) is 0 Å². The molecule has 2 aromatic rings. The molecule has 2 heterocycles. The van der Waals surface area contributed by atoms with Gasteiger partial charge in [-0.15, -0.1) is 10.2 Å². The number of aryl methyl sites for hydroxylation is 1. The van der Waals surface area contributed by atoms with Crippen molar-refractivity contribution in [1.82, 2.24) is 20.2 Å². The van der Waals surface area contributed by atoms with Crippen LogP contribution in [0.3, 0.4) is 0 Å². The first-order valence-corrected chi connectivity index (χ1v) is 7.57. The standard InChI is InChI=1S/C11H11N5O3S2/c1-6-7(2-3-17)9(19)15-10(13-6)20-4-8(18)14-11-16-12-5-21-11/h2-3,5,17H,4H2,1H3,(H,13,15,19)(H,14,16,18). The minimum absolute atomic E-state index is 0.0805. The first kappa shape index (κ1) is 15.2. The number of hydrogen-bond donors (Lipinski definition) is 3. The molecule has 10 heteroatoms. The zero-order valence-corrected chi connectivity index (χ0v) is 12.5. The molecule has 0 aliphatic rings. The molecule has 0 aliphatic carbocycles. The summed E-state index contributed by atoms with van der Waals surface area (Å²) in [5.41, 5.74) is 1.88. The Morgan fingerprint density at radius 2 is 2.43 bits per heavy atom. The maximum atomic E-state index is 11.8. The van der Waals surface area contributed by atoms with E-state index in [0.717, 1.165) is 18.0 Å². The second kappa shape index (κ2) is 6.99. The van der Waals surface area contributed by atoms with Crippen LogP contribution in [0.1, 0.15) is 11.3 Å². The van der Waals surface area contributed by atoms with Gasteiger partial charge in [-0.05, 0) is 13.0 Å². The molecular formula is C11H11N5O3S2. The van der Waals surface area contributed by atoms with E-state index in [-0.39, 0.29) is 22.8 Å². The van der Waals surface area contributed by atoms with E-state index in [9.17, 15) is 9.59 Å². The highest BCUT2D eigenvalue weighted by atomic mass is 32.2. The molecule has 2 aromatic heterocycles. The number of nitrogens with zero attached hydrogens (tertiary/aromatic N) is 3. The molecule has 8 nitrogen and oxygen atoms in total. The number of anilines is 1. The summed E-state index contributed by atoms with van der Waals surface area (Å²) in [6.45, 7) is 1.65. The fraction of sp³-hybridized carbons (Fsp3) is 0.182. The van der Waals surface area contributed by atoms with Gasteiger partial charge in [0.05, 0.1) is 23.3 Å². The van der Waals surface area contributed by atoms with Gasteiger partial charge in [-0.25, -0.2) is 4.98 Å². The lowest BCUT2D eigenvalue weighted by Crippen LogP contribution is -2.17. The first-order chi connectivity index (χ1) is 10.1. The van der Waals surface area contributed by atoms with E-state index in [0.29, 0.717) is 16.0 Å². The van der Waals surface area contributed by atoms with E-state index in [2.05, 4.69) is 25.5 Å². The molecule has 0 fully saturated rings. The summed E-state index contributed by atoms with van der Waals surface area (Å²) >= 11 is 2.31. The average Bonchev–Trinajstić information content (AvgIpc) is 2.93. The van der Waals surface area contributed by atoms with Crippen LogP contribution in [0, 0.1) is 6.92 Å². The van der Waals surface area contributed by atoms with Gasteiger partial charge in [-0.3, -0.25) is 14.9 Å². The lowest BCUT2D eigenvalue weighted by atomic mass is 10.2. The molecule has 0 bridgehead atoms. The number of amides is 1. The van der Waals surface area contributed by atoms with E-state index in [1.807, 2.05) is 0 Å². The van der Waals surface area contributed by atoms with Gasteiger partial charge >= 0.3 is 0 Å². The largest absolute Gasteiger partial charge is 0.516 e. The van der Waals surface area contributed by atoms with Crippen molar-refractivity contribution in [2.45, 2.75) is 12.1 Å². The third kappa shape index (κ3) is 4.13. The molecule has 0 aromatic carbocycles. The molecule has 0 unspecified atom stereocenters. The Balaban J connectivity index is 2.00. The third-order valence-electron chi connectivity index (χ3n) is 2.31. The van der Waals surface area contributed by atoms with Crippen LogP contribution >= 0.6 is 23.1 Å². The zero-order valence-electron chi connectivity index (χ0n) is 10.9. The van der Waals surface area contributed by atoms with E-state index in [1.54, 1.807) is 6.92 Å². The molecular weight excluding hydrogens is 314 g/mol. The van der Waals surface area contributed by atoms with E-state index >= 15 is 0 Å². The van der Waals surface area contributed by atoms with Crippen LogP contribution in [-0.4, -0.2) is 36.9 Å². The van der Waals surface area contributed by atoms with Crippen molar-refractivity contribution in [2.24, 2.45) is 0 Å². The van der Waals surface area contributed by atoms with Crippen LogP contribution in [0.2, 0.25) is 0 Å². The second-order valence-corrected chi connectivity index (χ2v) is 5.56. The fourth-order valence-electron chi connectivity index (χ4n) is 1.43. The molecule has 3 N–H and O–H groups in total. The number of nitrogens with one attached hydrogen (secondary N) is 2. The van der Waals surface area contributed by atoms with Crippen molar-refractivity contribution < 1.29 is 9.90 Å². The molecule has 110 valence electrons. The van der Waals surface area contributed by atoms with Crippen molar-refractivity contribution in [3.05, 3.63) is 33.4 Å². The van der Waals surface area contributed by atoms with Crippen LogP contribution in [0.5, 0.6) is 0 Å². The number of rotatable bonds is 5. The highest BCUT2D eigenvalue weighted by Gasteiger charge is 2.09. The van der Waals surface area contributed by atoms with Gasteiger partial charge in [0.2, 0.25) is 11.0 Å². The van der Waals surface area contributed by atoms with Gasteiger partial charge in [0.15, 0.2) is 5.16 Å². The van der Waals surface area contributed by atoms with Crippen LogP contribution in [0.25, 0.3) is 6.08 Å². The van der Waals surface area contributed by atoms with Gasteiger partial charge in [-0.1, -0.05) is 23.1 Å². The van der Waals surface area contributed by atoms with Crippen LogP contribution in [0.15, 0.2) is 21.7 Å². The molecule has 21 heavy (non-hydrogen) atoms. The summed E-state index contributed by atoms with van der Waals surface area (Å²) < 4.78 is 0. The second-order valence-electron chi connectivity index (χ2n) is 3.77. The molecule has 0 radical (unpaired) electrons. The highest BCUT2D eigenvalue weighted by molar-refractivity contribution is 7.99. The molecule has 1 amide bonds. The minimum Gasteiger partial charge on any atom is -0.516 e. The Kier molecular flexibility index (Phi) is 5.06. The molecule has 0 saturated heterocycles. The molecule has 0 saturated carbocycles. The van der Waals surface area contributed by atoms with Crippen LogP contribution < -0.4 is 10.9 Å². The monoisotopic (exact) mass is 325 g/mol. The number of aromatic amines is 1. The Morgan fingerprint density at radius 3 is 3.05 bits per heavy atom. The Hall–Kier alpha value is -2.20. The van der Waals surface area contributed by atoms with Gasteiger partial charge in [0.1, 0.15) is 5.51 Å². The SMILES string of the molecule is Cc1nc(SCC(=O)Nc2nncs2)[nH]c(=O)c1C=CO. The zero-order chi connectivity index (χ0) is 15.2. The lowest BCUT2D eigenvalue weighted by molar-refractivity contribution is -0.113. The van der Waals surface area contributed by atoms with Crippen LogP contribution in [-0.2, 0) is 4.79 Å². The lowest BCUT2D eigenvalue weighted by Gasteiger charge is -2.04. The molecule has 0 aliphatic heterocycles. The predicted molar refractivity (Wildman–Crippen MR) is 80.5 cm³/mol. The van der Waals surface area contributed by atoms with Crippen molar-refractivity contribution in [3.8, 4) is 0 Å². The summed E-state index contributed by atoms with van der Waals surface area (Å²) in [6, 6.07) is 0. The maximum Gasteiger partial charge on any atom is 0.259 e. The van der Waals surface area contributed by atoms with Gasteiger partial charge in [0, 0.05) is 0 Å². The Bertz CT molecular complexity index is 711. The van der Waals surface area contributed by atoms with Crippen molar-refractivity contribution in [3.63, 3.8) is 0 Å². The number of carbonyl (C=O) groups excluding carboxylic acids is 1. The topological polar surface area (TPSA) is 121 Å². The number of carbonyl (C=O) groups is 1. The number of H-pyrrole nitrogens is 1. The smallest absolute Gasteiger partial charge is 0.259 e. The summed E-state index contributed by atoms with van der Waals surface area (Å²) in [6.07, 6.45) is 2.04. The maximum absolute atomic E-state index is 11.8. The first-order valence-electron chi connectivity index (χ1n) is 5.70. The fourth-order valence-corrected chi connectivity index (χ4v) is 2.59. The van der Waals surface area contributed by atoms with Crippen molar-refractivity contribution in [2.75, 3.05) is 11.1 Å². The molecule has 2 rings (SSSR count). The highest BCUT2D eigenvalue weighted by Crippen LogP contribution is 2.14. The molecule has 0 atom stereocenters. The Morgan fingerprint density at radius 1 is 1.62 bits per heavy atom. The average molecular weight is 325 g/mol. The summed E-state index contributed by atoms with van der Waals surface area (Å²) in [5, 5.41) is 19.3. The number of aliphatic hydroxyl groups excluding tert-OH is 1. The van der Waals surface area contributed by atoms with Crippen LogP contribution in [0.4, 0.5) is 5.13 Å². The number of hydrogen-bond acceptors (Lipinski definition) is 8. The summed E-state index contributed by atoms with van der Waals surface area (Å²) in [7, 11) is 0. The normalized spacial score (nSPS) is 10.9. The number of aliphatic hydroxyl groups is 1. The quantitative estimate of drug-likeness (QED) is 0.429. The summed E-state index contributed by atoms with van der Waals surface area (Å²) in [4.78, 5) is 30.1. The Labute approximate surface area is 127 Å². The van der Waals surface area contributed by atoms with E-state index < -0.39 is 0 Å². The minimum atomic E-state index is -0.375. The van der Waals surface area contributed by atoms with Gasteiger partial charge < -0.3 is 10.1 Å². The van der Waals surface area contributed by atoms with Gasteiger partial charge in [0.25, 0.3) is 5.56 Å². The van der Waals surface area contributed by atoms with E-state index in [4.69, 9.17) is 5.11 Å². The summed E-state index contributed by atoms with van der Waals surface area (Å²) in [5.74, 6) is -0.187. The number of aromatic nitrogens is 4. The van der Waals surface area contributed by atoms with Crippen molar-refractivity contribution >= 4 is 40.2 Å². The third-order valence-corrected chi connectivity index (χ3v) is 3.79. The predicted octanol–water partition coefficient (Wildman–Crippen LogP) is 1.19.